The summed E-state index contributed by atoms with van der Waals surface area (Å²) < 4.78 is 4.98. The molecule has 14 heavy (non-hydrogen) atoms. The molecule has 5 nitrogen and oxygen atoms in total. The van der Waals surface area contributed by atoms with E-state index in [1.165, 1.54) is 0 Å². The molecule has 2 heterocycles. The zero-order chi connectivity index (χ0) is 9.97. The molecule has 0 atom stereocenters. The van der Waals surface area contributed by atoms with Gasteiger partial charge in [0, 0.05) is 17.7 Å². The van der Waals surface area contributed by atoms with Crippen LogP contribution in [0.4, 0.5) is 0 Å². The summed E-state index contributed by atoms with van der Waals surface area (Å²) in [6.45, 7) is 2.28. The Morgan fingerprint density at radius 2 is 2.00 bits per heavy atom. The van der Waals surface area contributed by atoms with Crippen LogP contribution in [0.5, 0.6) is 0 Å². The third-order valence-electron chi connectivity index (χ3n) is 2.07. The summed E-state index contributed by atoms with van der Waals surface area (Å²) in [7, 11) is 0. The van der Waals surface area contributed by atoms with Crippen LogP contribution in [0.25, 0.3) is 11.1 Å². The third kappa shape index (κ3) is 1.38. The number of hydrogen-bond donors (Lipinski definition) is 1. The molecular formula is C9H10N4O. The van der Waals surface area contributed by atoms with Gasteiger partial charge in [-0.1, -0.05) is 5.16 Å². The van der Waals surface area contributed by atoms with Gasteiger partial charge in [-0.3, -0.25) is 0 Å². The van der Waals surface area contributed by atoms with Crippen LogP contribution in [-0.4, -0.2) is 15.4 Å². The average Bonchev–Trinajstić information content (AvgIpc) is 2.64. The Labute approximate surface area is 80.9 Å². The highest BCUT2D eigenvalue weighted by atomic mass is 16.5. The molecule has 0 aliphatic heterocycles. The average molecular weight is 190 g/mol. The molecule has 0 unspecified atom stereocenters. The molecule has 72 valence electrons. The second-order valence-corrected chi connectivity index (χ2v) is 2.93. The van der Waals surface area contributed by atoms with Gasteiger partial charge in [0.1, 0.15) is 5.76 Å². The van der Waals surface area contributed by atoms with Gasteiger partial charge >= 0.3 is 0 Å². The van der Waals surface area contributed by atoms with Gasteiger partial charge < -0.3 is 10.3 Å². The van der Waals surface area contributed by atoms with Crippen LogP contribution in [0.1, 0.15) is 11.3 Å². The van der Waals surface area contributed by atoms with E-state index in [0.717, 1.165) is 22.5 Å². The number of nitrogens with zero attached hydrogens (tertiary/aromatic N) is 3. The molecule has 2 N–H and O–H groups in total. The topological polar surface area (TPSA) is 77.8 Å². The summed E-state index contributed by atoms with van der Waals surface area (Å²) in [6.07, 6.45) is 4.98. The molecule has 2 rings (SSSR count). The van der Waals surface area contributed by atoms with Crippen LogP contribution in [0, 0.1) is 6.92 Å². The van der Waals surface area contributed by atoms with Crippen molar-refractivity contribution in [2.24, 2.45) is 5.73 Å². The summed E-state index contributed by atoms with van der Waals surface area (Å²) >= 11 is 0. The lowest BCUT2D eigenvalue weighted by molar-refractivity contribution is 0.398. The smallest absolute Gasteiger partial charge is 0.141 e. The van der Waals surface area contributed by atoms with Crippen LogP contribution < -0.4 is 5.73 Å². The lowest BCUT2D eigenvalue weighted by Crippen LogP contribution is -2.00. The van der Waals surface area contributed by atoms with Gasteiger partial charge in [0.2, 0.25) is 0 Å². The SMILES string of the molecule is Cc1oncc1-c1cnncc1CN. The Balaban J connectivity index is 2.56. The fourth-order valence-electron chi connectivity index (χ4n) is 1.31. The second-order valence-electron chi connectivity index (χ2n) is 2.93. The molecule has 0 radical (unpaired) electrons. The molecule has 2 aromatic rings. The van der Waals surface area contributed by atoms with E-state index < -0.39 is 0 Å². The van der Waals surface area contributed by atoms with Crippen LogP contribution in [0.3, 0.4) is 0 Å². The number of rotatable bonds is 2. The van der Waals surface area contributed by atoms with E-state index in [-0.39, 0.29) is 0 Å². The lowest BCUT2D eigenvalue weighted by atomic mass is 10.1. The molecule has 0 saturated carbocycles. The highest BCUT2D eigenvalue weighted by Crippen LogP contribution is 2.24. The monoisotopic (exact) mass is 190 g/mol. The van der Waals surface area contributed by atoms with E-state index in [9.17, 15) is 0 Å². The van der Waals surface area contributed by atoms with Crippen LogP contribution >= 0.6 is 0 Å². The van der Waals surface area contributed by atoms with Gasteiger partial charge in [-0.25, -0.2) is 0 Å². The van der Waals surface area contributed by atoms with Crippen LogP contribution in [0.15, 0.2) is 23.1 Å². The molecular weight excluding hydrogens is 180 g/mol. The number of nitrogens with two attached hydrogens (primary N) is 1. The predicted molar refractivity (Wildman–Crippen MR) is 50.2 cm³/mol. The Kier molecular flexibility index (Phi) is 2.24. The summed E-state index contributed by atoms with van der Waals surface area (Å²) in [5, 5.41) is 11.3. The van der Waals surface area contributed by atoms with Gasteiger partial charge in [-0.2, -0.15) is 10.2 Å². The molecule has 0 aliphatic rings. The largest absolute Gasteiger partial charge is 0.361 e. The Hall–Kier alpha value is -1.75. The minimum atomic E-state index is 0.426. The van der Waals surface area contributed by atoms with E-state index in [2.05, 4.69) is 15.4 Å². The van der Waals surface area contributed by atoms with E-state index in [1.807, 2.05) is 6.92 Å². The molecule has 0 saturated heterocycles. The van der Waals surface area contributed by atoms with Crippen molar-refractivity contribution in [2.45, 2.75) is 13.5 Å². The first kappa shape index (κ1) is 8.83. The molecule has 0 aromatic carbocycles. The van der Waals surface area contributed by atoms with Crippen LogP contribution in [-0.2, 0) is 6.54 Å². The highest BCUT2D eigenvalue weighted by Gasteiger charge is 2.10. The van der Waals surface area contributed by atoms with E-state index in [4.69, 9.17) is 10.3 Å². The van der Waals surface area contributed by atoms with Crippen molar-refractivity contribution >= 4 is 0 Å². The molecule has 0 bridgehead atoms. The standard InChI is InChI=1S/C9H10N4O/c1-6-8(5-13-14-6)9-4-12-11-3-7(9)2-10/h3-5H,2,10H2,1H3. The maximum atomic E-state index is 5.59. The first-order valence-corrected chi connectivity index (χ1v) is 4.24. The fourth-order valence-corrected chi connectivity index (χ4v) is 1.31. The first-order valence-electron chi connectivity index (χ1n) is 4.24. The second kappa shape index (κ2) is 3.55. The van der Waals surface area contributed by atoms with Crippen molar-refractivity contribution in [3.63, 3.8) is 0 Å². The third-order valence-corrected chi connectivity index (χ3v) is 2.07. The maximum Gasteiger partial charge on any atom is 0.141 e. The van der Waals surface area contributed by atoms with Gasteiger partial charge in [-0.05, 0) is 12.5 Å². The van der Waals surface area contributed by atoms with E-state index in [1.54, 1.807) is 18.6 Å². The molecule has 0 fully saturated rings. The van der Waals surface area contributed by atoms with Gasteiger partial charge in [-0.15, -0.1) is 0 Å². The van der Waals surface area contributed by atoms with Crippen molar-refractivity contribution in [1.82, 2.24) is 15.4 Å². The molecule has 2 aromatic heterocycles. The van der Waals surface area contributed by atoms with Crippen LogP contribution in [0.2, 0.25) is 0 Å². The van der Waals surface area contributed by atoms with Gasteiger partial charge in [0.15, 0.2) is 0 Å². The molecule has 0 spiro atoms. The minimum Gasteiger partial charge on any atom is -0.361 e. The first-order chi connectivity index (χ1) is 6.83. The maximum absolute atomic E-state index is 5.59. The summed E-state index contributed by atoms with van der Waals surface area (Å²) in [5.74, 6) is 0.757. The van der Waals surface area contributed by atoms with E-state index >= 15 is 0 Å². The van der Waals surface area contributed by atoms with Gasteiger partial charge in [0.25, 0.3) is 0 Å². The number of hydrogen-bond acceptors (Lipinski definition) is 5. The molecule has 0 amide bonds. The summed E-state index contributed by atoms with van der Waals surface area (Å²) in [6, 6.07) is 0. The van der Waals surface area contributed by atoms with Crippen molar-refractivity contribution < 1.29 is 4.52 Å². The fraction of sp³-hybridized carbons (Fsp3) is 0.222. The lowest BCUT2D eigenvalue weighted by Gasteiger charge is -2.02. The zero-order valence-corrected chi connectivity index (χ0v) is 7.77. The zero-order valence-electron chi connectivity index (χ0n) is 7.77. The van der Waals surface area contributed by atoms with Crippen molar-refractivity contribution in [3.8, 4) is 11.1 Å². The minimum absolute atomic E-state index is 0.426. The number of aryl methyl sites for hydroxylation is 1. The predicted octanol–water partition coefficient (Wildman–Crippen LogP) is 0.899. The Morgan fingerprint density at radius 1 is 1.21 bits per heavy atom. The van der Waals surface area contributed by atoms with Crippen molar-refractivity contribution in [2.75, 3.05) is 0 Å². The van der Waals surface area contributed by atoms with Gasteiger partial charge in [0.05, 0.1) is 18.6 Å². The van der Waals surface area contributed by atoms with E-state index in [0.29, 0.717) is 6.54 Å². The highest BCUT2D eigenvalue weighted by molar-refractivity contribution is 5.66. The number of aromatic nitrogens is 3. The molecule has 5 heteroatoms. The van der Waals surface area contributed by atoms with Crippen molar-refractivity contribution in [1.29, 1.82) is 0 Å². The van der Waals surface area contributed by atoms with Crippen molar-refractivity contribution in [3.05, 3.63) is 29.9 Å². The quantitative estimate of drug-likeness (QED) is 0.761. The Morgan fingerprint density at radius 3 is 2.64 bits per heavy atom. The molecule has 0 aliphatic carbocycles. The summed E-state index contributed by atoms with van der Waals surface area (Å²) in [4.78, 5) is 0. The summed E-state index contributed by atoms with van der Waals surface area (Å²) in [5.41, 5.74) is 8.37. The normalized spacial score (nSPS) is 10.4. The Bertz CT molecular complexity index is 438.